The van der Waals surface area contributed by atoms with Crippen LogP contribution in [0, 0.1) is 0 Å². The number of benzene rings is 2. The van der Waals surface area contributed by atoms with Crippen molar-refractivity contribution in [3.63, 3.8) is 0 Å². The van der Waals surface area contributed by atoms with Gasteiger partial charge in [-0.05, 0) is 24.1 Å². The van der Waals surface area contributed by atoms with Crippen molar-refractivity contribution in [3.8, 4) is 0 Å². The average Bonchev–Trinajstić information content (AvgIpc) is 2.46. The second kappa shape index (κ2) is 6.01. The molecule has 2 aromatic carbocycles. The molecular weight excluding hydrogens is 222 g/mol. The maximum absolute atomic E-state index is 12.1. The quantitative estimate of drug-likeness (QED) is 0.803. The van der Waals surface area contributed by atoms with Gasteiger partial charge in [0.05, 0.1) is 0 Å². The Hall–Kier alpha value is -2.09. The predicted octanol–water partition coefficient (Wildman–Crippen LogP) is 3.00. The van der Waals surface area contributed by atoms with Crippen LogP contribution in [0.15, 0.2) is 60.7 Å². The van der Waals surface area contributed by atoms with Crippen LogP contribution >= 0.6 is 0 Å². The van der Waals surface area contributed by atoms with Gasteiger partial charge in [0.1, 0.15) is 0 Å². The van der Waals surface area contributed by atoms with E-state index in [9.17, 15) is 4.79 Å². The number of rotatable bonds is 4. The van der Waals surface area contributed by atoms with Gasteiger partial charge in [0, 0.05) is 19.2 Å². The number of hydrogen-bond donors (Lipinski definition) is 0. The fourth-order valence-electron chi connectivity index (χ4n) is 1.84. The lowest BCUT2D eigenvalue weighted by molar-refractivity contribution is 0.0796. The van der Waals surface area contributed by atoms with Crippen molar-refractivity contribution >= 4 is 5.91 Å². The maximum atomic E-state index is 12.1. The topological polar surface area (TPSA) is 20.3 Å². The Labute approximate surface area is 108 Å². The SMILES string of the molecule is CN(CCc1ccccc1)C(=O)c1ccccc1. The highest BCUT2D eigenvalue weighted by Crippen LogP contribution is 2.05. The van der Waals surface area contributed by atoms with E-state index in [1.54, 1.807) is 4.90 Å². The Bertz CT molecular complexity index is 493. The van der Waals surface area contributed by atoms with Gasteiger partial charge in [-0.2, -0.15) is 0 Å². The van der Waals surface area contributed by atoms with E-state index >= 15 is 0 Å². The molecule has 0 heterocycles. The zero-order valence-corrected chi connectivity index (χ0v) is 10.5. The normalized spacial score (nSPS) is 10.1. The van der Waals surface area contributed by atoms with Crippen molar-refractivity contribution < 1.29 is 4.79 Å². The molecule has 0 aliphatic heterocycles. The number of amides is 1. The third kappa shape index (κ3) is 3.20. The van der Waals surface area contributed by atoms with E-state index in [0.29, 0.717) is 0 Å². The van der Waals surface area contributed by atoms with E-state index in [2.05, 4.69) is 12.1 Å². The summed E-state index contributed by atoms with van der Waals surface area (Å²) >= 11 is 0. The van der Waals surface area contributed by atoms with Crippen molar-refractivity contribution in [3.05, 3.63) is 71.8 Å². The van der Waals surface area contributed by atoms with Crippen molar-refractivity contribution in [2.75, 3.05) is 13.6 Å². The first-order chi connectivity index (χ1) is 8.77. The van der Waals surface area contributed by atoms with Crippen LogP contribution < -0.4 is 0 Å². The molecule has 0 aliphatic carbocycles. The lowest BCUT2D eigenvalue weighted by atomic mass is 10.1. The molecule has 2 aromatic rings. The summed E-state index contributed by atoms with van der Waals surface area (Å²) in [5, 5.41) is 0. The van der Waals surface area contributed by atoms with E-state index in [0.717, 1.165) is 18.5 Å². The molecule has 0 saturated carbocycles. The van der Waals surface area contributed by atoms with Crippen LogP contribution in [0.1, 0.15) is 15.9 Å². The van der Waals surface area contributed by atoms with Crippen LogP contribution in [-0.4, -0.2) is 24.4 Å². The Morgan fingerprint density at radius 2 is 1.50 bits per heavy atom. The Morgan fingerprint density at radius 3 is 2.11 bits per heavy atom. The first-order valence-electron chi connectivity index (χ1n) is 6.12. The smallest absolute Gasteiger partial charge is 0.253 e. The highest BCUT2D eigenvalue weighted by Gasteiger charge is 2.10. The monoisotopic (exact) mass is 239 g/mol. The molecular formula is C16H17NO. The van der Waals surface area contributed by atoms with E-state index in [1.165, 1.54) is 5.56 Å². The summed E-state index contributed by atoms with van der Waals surface area (Å²) in [6.45, 7) is 0.734. The average molecular weight is 239 g/mol. The van der Waals surface area contributed by atoms with E-state index in [4.69, 9.17) is 0 Å². The molecule has 0 aliphatic rings. The molecule has 2 rings (SSSR count). The molecule has 2 heteroatoms. The number of carbonyl (C=O) groups excluding carboxylic acids is 1. The van der Waals surface area contributed by atoms with Crippen LogP contribution in [-0.2, 0) is 6.42 Å². The molecule has 0 N–H and O–H groups in total. The minimum atomic E-state index is 0.0755. The molecule has 0 unspecified atom stereocenters. The van der Waals surface area contributed by atoms with Gasteiger partial charge in [-0.25, -0.2) is 0 Å². The minimum Gasteiger partial charge on any atom is -0.341 e. The third-order valence-electron chi connectivity index (χ3n) is 2.95. The fraction of sp³-hybridized carbons (Fsp3) is 0.188. The maximum Gasteiger partial charge on any atom is 0.253 e. The molecule has 0 aromatic heterocycles. The first-order valence-corrected chi connectivity index (χ1v) is 6.12. The van der Waals surface area contributed by atoms with Gasteiger partial charge in [-0.15, -0.1) is 0 Å². The van der Waals surface area contributed by atoms with Crippen LogP contribution in [0.5, 0.6) is 0 Å². The first kappa shape index (κ1) is 12.4. The second-order valence-corrected chi connectivity index (χ2v) is 4.33. The molecule has 0 bridgehead atoms. The van der Waals surface area contributed by atoms with Crippen LogP contribution in [0.2, 0.25) is 0 Å². The van der Waals surface area contributed by atoms with E-state index in [1.807, 2.05) is 55.6 Å². The largest absolute Gasteiger partial charge is 0.341 e. The molecule has 1 amide bonds. The summed E-state index contributed by atoms with van der Waals surface area (Å²) in [7, 11) is 1.85. The van der Waals surface area contributed by atoms with Gasteiger partial charge >= 0.3 is 0 Å². The van der Waals surface area contributed by atoms with Crippen molar-refractivity contribution in [1.29, 1.82) is 0 Å². The predicted molar refractivity (Wildman–Crippen MR) is 73.5 cm³/mol. The lowest BCUT2D eigenvalue weighted by Crippen LogP contribution is -2.28. The highest BCUT2D eigenvalue weighted by molar-refractivity contribution is 5.93. The van der Waals surface area contributed by atoms with E-state index in [-0.39, 0.29) is 5.91 Å². The van der Waals surface area contributed by atoms with Crippen molar-refractivity contribution in [2.45, 2.75) is 6.42 Å². The molecule has 92 valence electrons. The van der Waals surface area contributed by atoms with E-state index < -0.39 is 0 Å². The number of nitrogens with zero attached hydrogens (tertiary/aromatic N) is 1. The summed E-state index contributed by atoms with van der Waals surface area (Å²) in [5.41, 5.74) is 2.00. The summed E-state index contributed by atoms with van der Waals surface area (Å²) in [5.74, 6) is 0.0755. The second-order valence-electron chi connectivity index (χ2n) is 4.33. The zero-order valence-electron chi connectivity index (χ0n) is 10.5. The number of likely N-dealkylation sites (N-methyl/N-ethyl adjacent to an activating group) is 1. The Kier molecular flexibility index (Phi) is 4.13. The Balaban J connectivity index is 1.93. The lowest BCUT2D eigenvalue weighted by Gasteiger charge is -2.17. The molecule has 18 heavy (non-hydrogen) atoms. The molecule has 0 fully saturated rings. The fourth-order valence-corrected chi connectivity index (χ4v) is 1.84. The van der Waals surface area contributed by atoms with Gasteiger partial charge < -0.3 is 4.90 Å². The van der Waals surface area contributed by atoms with Crippen molar-refractivity contribution in [1.82, 2.24) is 4.90 Å². The van der Waals surface area contributed by atoms with Crippen LogP contribution in [0.3, 0.4) is 0 Å². The van der Waals surface area contributed by atoms with Gasteiger partial charge in [-0.1, -0.05) is 48.5 Å². The van der Waals surface area contributed by atoms with Crippen LogP contribution in [0.4, 0.5) is 0 Å². The standard InChI is InChI=1S/C16H17NO/c1-17(13-12-14-8-4-2-5-9-14)16(18)15-10-6-3-7-11-15/h2-11H,12-13H2,1H3. The number of hydrogen-bond acceptors (Lipinski definition) is 1. The summed E-state index contributed by atoms with van der Waals surface area (Å²) in [4.78, 5) is 13.9. The molecule has 0 saturated heterocycles. The van der Waals surface area contributed by atoms with Crippen LogP contribution in [0.25, 0.3) is 0 Å². The Morgan fingerprint density at radius 1 is 0.944 bits per heavy atom. The van der Waals surface area contributed by atoms with Gasteiger partial charge in [0.2, 0.25) is 0 Å². The summed E-state index contributed by atoms with van der Waals surface area (Å²) in [6.07, 6.45) is 0.885. The molecule has 0 radical (unpaired) electrons. The molecule has 2 nitrogen and oxygen atoms in total. The van der Waals surface area contributed by atoms with Gasteiger partial charge in [0.15, 0.2) is 0 Å². The van der Waals surface area contributed by atoms with Gasteiger partial charge in [-0.3, -0.25) is 4.79 Å². The summed E-state index contributed by atoms with van der Waals surface area (Å²) in [6, 6.07) is 19.6. The summed E-state index contributed by atoms with van der Waals surface area (Å²) < 4.78 is 0. The molecule has 0 spiro atoms. The molecule has 0 atom stereocenters. The highest BCUT2D eigenvalue weighted by atomic mass is 16.2. The van der Waals surface area contributed by atoms with Gasteiger partial charge in [0.25, 0.3) is 5.91 Å². The zero-order chi connectivity index (χ0) is 12.8. The minimum absolute atomic E-state index is 0.0755. The number of carbonyl (C=O) groups is 1. The van der Waals surface area contributed by atoms with Crippen molar-refractivity contribution in [2.24, 2.45) is 0 Å². The third-order valence-corrected chi connectivity index (χ3v) is 2.95.